The van der Waals surface area contributed by atoms with Crippen molar-refractivity contribution in [2.75, 3.05) is 0 Å². The number of hydrogen-bond acceptors (Lipinski definition) is 5. The summed E-state index contributed by atoms with van der Waals surface area (Å²) in [6.07, 6.45) is 0. The van der Waals surface area contributed by atoms with E-state index in [1.54, 1.807) is 6.07 Å². The average Bonchev–Trinajstić information content (AvgIpc) is 2.38. The van der Waals surface area contributed by atoms with Gasteiger partial charge >= 0.3 is 0 Å². The molecule has 0 unspecified atom stereocenters. The van der Waals surface area contributed by atoms with E-state index in [1.807, 2.05) is 17.5 Å². The number of hydrogen-bond donors (Lipinski definition) is 2. The highest BCUT2D eigenvalue weighted by atomic mass is 16.3. The zero-order valence-electron chi connectivity index (χ0n) is 9.70. The van der Waals surface area contributed by atoms with Gasteiger partial charge in [-0.3, -0.25) is 14.9 Å². The Balaban J connectivity index is 2.53. The number of nitrogens with zero attached hydrogens (tertiary/aromatic N) is 2. The summed E-state index contributed by atoms with van der Waals surface area (Å²) < 4.78 is 0. The van der Waals surface area contributed by atoms with E-state index in [9.17, 15) is 14.7 Å². The maximum atomic E-state index is 11.6. The summed E-state index contributed by atoms with van der Waals surface area (Å²) in [7, 11) is 0. The van der Waals surface area contributed by atoms with E-state index in [-0.39, 0.29) is 5.75 Å². The van der Waals surface area contributed by atoms with Crippen molar-refractivity contribution < 1.29 is 14.7 Å². The summed E-state index contributed by atoms with van der Waals surface area (Å²) in [5.74, 6) is -4.62. The van der Waals surface area contributed by atoms with E-state index in [2.05, 4.69) is 0 Å². The van der Waals surface area contributed by atoms with Gasteiger partial charge in [0, 0.05) is 5.92 Å². The lowest BCUT2D eigenvalue weighted by Crippen LogP contribution is -2.49. The molecule has 19 heavy (non-hydrogen) atoms. The van der Waals surface area contributed by atoms with Gasteiger partial charge in [0.2, 0.25) is 11.8 Å². The van der Waals surface area contributed by atoms with Crippen LogP contribution < -0.4 is 5.32 Å². The minimum atomic E-state index is -1.14. The Hall–Kier alpha value is -2.86. The maximum absolute atomic E-state index is 11.6. The molecule has 0 radical (unpaired) electrons. The van der Waals surface area contributed by atoms with Crippen LogP contribution in [0.15, 0.2) is 24.3 Å². The Morgan fingerprint density at radius 3 is 2.16 bits per heavy atom. The lowest BCUT2D eigenvalue weighted by molar-refractivity contribution is -0.137. The minimum Gasteiger partial charge on any atom is -0.508 e. The van der Waals surface area contributed by atoms with Crippen LogP contribution in [0.4, 0.5) is 0 Å². The normalized spacial score (nSPS) is 23.3. The maximum Gasteiger partial charge on any atom is 0.244 e. The molecular formula is C13H9N3O3. The zero-order chi connectivity index (χ0) is 14.0. The Labute approximate surface area is 108 Å². The highest BCUT2D eigenvalue weighted by molar-refractivity contribution is 6.03. The fourth-order valence-corrected chi connectivity index (χ4v) is 2.19. The summed E-state index contributed by atoms with van der Waals surface area (Å²) in [6, 6.07) is 9.51. The lowest BCUT2D eigenvalue weighted by atomic mass is 9.74. The zero-order valence-corrected chi connectivity index (χ0v) is 9.70. The summed E-state index contributed by atoms with van der Waals surface area (Å²) in [5.41, 5.74) is 0.418. The van der Waals surface area contributed by atoms with Crippen LogP contribution >= 0.6 is 0 Å². The van der Waals surface area contributed by atoms with Crippen molar-refractivity contribution >= 4 is 11.8 Å². The van der Waals surface area contributed by atoms with Crippen LogP contribution in [0.5, 0.6) is 5.75 Å². The van der Waals surface area contributed by atoms with Gasteiger partial charge < -0.3 is 5.11 Å². The van der Waals surface area contributed by atoms with Gasteiger partial charge in [0.05, 0.1) is 12.1 Å². The number of piperidine rings is 1. The highest BCUT2D eigenvalue weighted by Crippen LogP contribution is 2.36. The van der Waals surface area contributed by atoms with E-state index < -0.39 is 29.6 Å². The van der Waals surface area contributed by atoms with E-state index in [4.69, 9.17) is 10.5 Å². The molecule has 1 aliphatic rings. The van der Waals surface area contributed by atoms with Crippen LogP contribution in [0.25, 0.3) is 0 Å². The second kappa shape index (κ2) is 4.79. The van der Waals surface area contributed by atoms with Gasteiger partial charge in [-0.2, -0.15) is 10.5 Å². The van der Waals surface area contributed by atoms with E-state index >= 15 is 0 Å². The molecule has 6 heteroatoms. The SMILES string of the molecule is N#C[C@H]1C(=O)NC(=O)[C@H](C#N)C1c1cccc(O)c1. The lowest BCUT2D eigenvalue weighted by Gasteiger charge is -2.29. The van der Waals surface area contributed by atoms with Crippen molar-refractivity contribution in [3.8, 4) is 17.9 Å². The standard InChI is InChI=1S/C13H9N3O3/c14-5-9-11(7-2-1-3-8(17)4-7)10(6-15)13(19)16-12(9)18/h1-4,9-11,17H,(H,16,18,19)/t9-,10-/m1/s1. The van der Waals surface area contributed by atoms with E-state index in [1.165, 1.54) is 18.2 Å². The molecule has 2 N–H and O–H groups in total. The number of nitriles is 2. The van der Waals surface area contributed by atoms with E-state index in [0.717, 1.165) is 0 Å². The molecule has 0 spiro atoms. The molecule has 6 nitrogen and oxygen atoms in total. The molecule has 2 atom stereocenters. The largest absolute Gasteiger partial charge is 0.508 e. The number of aromatic hydroxyl groups is 1. The second-order valence-corrected chi connectivity index (χ2v) is 4.19. The molecule has 0 aliphatic carbocycles. The first-order valence-electron chi connectivity index (χ1n) is 5.51. The van der Waals surface area contributed by atoms with Gasteiger partial charge in [-0.25, -0.2) is 0 Å². The van der Waals surface area contributed by atoms with Crippen molar-refractivity contribution in [1.29, 1.82) is 10.5 Å². The predicted octanol–water partition coefficient (Wildman–Crippen LogP) is 0.412. The van der Waals surface area contributed by atoms with Gasteiger partial charge in [-0.1, -0.05) is 12.1 Å². The number of nitrogens with one attached hydrogen (secondary N) is 1. The predicted molar refractivity (Wildman–Crippen MR) is 62.2 cm³/mol. The average molecular weight is 255 g/mol. The number of carbonyl (C=O) groups excluding carboxylic acids is 2. The van der Waals surface area contributed by atoms with Gasteiger partial charge in [-0.15, -0.1) is 0 Å². The van der Waals surface area contributed by atoms with Crippen LogP contribution in [0, 0.1) is 34.5 Å². The molecule has 2 rings (SSSR count). The second-order valence-electron chi connectivity index (χ2n) is 4.19. The molecule has 0 aromatic heterocycles. The Morgan fingerprint density at radius 2 is 1.68 bits per heavy atom. The minimum absolute atomic E-state index is 0.0516. The molecule has 1 fully saturated rings. The van der Waals surface area contributed by atoms with E-state index in [0.29, 0.717) is 5.56 Å². The fraction of sp³-hybridized carbons (Fsp3) is 0.231. The van der Waals surface area contributed by atoms with Crippen LogP contribution in [-0.2, 0) is 9.59 Å². The summed E-state index contributed by atoms with van der Waals surface area (Å²) in [5, 5.41) is 29.6. The fourth-order valence-electron chi connectivity index (χ4n) is 2.19. The van der Waals surface area contributed by atoms with Gasteiger partial charge in [0.1, 0.15) is 17.6 Å². The van der Waals surface area contributed by atoms with Gasteiger partial charge in [-0.05, 0) is 17.7 Å². The number of phenolic OH excluding ortho intramolecular Hbond substituents is 1. The number of benzene rings is 1. The molecule has 0 saturated carbocycles. The first-order chi connectivity index (χ1) is 9.08. The Morgan fingerprint density at radius 1 is 1.11 bits per heavy atom. The Bertz CT molecular complexity index is 595. The quantitative estimate of drug-likeness (QED) is 0.705. The molecule has 1 aliphatic heterocycles. The topological polar surface area (TPSA) is 114 Å². The highest BCUT2D eigenvalue weighted by Gasteiger charge is 2.45. The first-order valence-corrected chi connectivity index (χ1v) is 5.51. The Kier molecular flexibility index (Phi) is 3.17. The van der Waals surface area contributed by atoms with Crippen molar-refractivity contribution in [3.05, 3.63) is 29.8 Å². The number of carbonyl (C=O) groups is 2. The summed E-state index contributed by atoms with van der Waals surface area (Å²) in [4.78, 5) is 23.3. The number of imide groups is 1. The van der Waals surface area contributed by atoms with Crippen molar-refractivity contribution in [2.45, 2.75) is 5.92 Å². The number of phenols is 1. The molecule has 1 heterocycles. The smallest absolute Gasteiger partial charge is 0.244 e. The van der Waals surface area contributed by atoms with Crippen LogP contribution in [-0.4, -0.2) is 16.9 Å². The molecular weight excluding hydrogens is 246 g/mol. The first kappa shape index (κ1) is 12.6. The third-order valence-electron chi connectivity index (χ3n) is 3.06. The number of amides is 2. The molecule has 2 amide bonds. The molecule has 1 aromatic rings. The molecule has 1 saturated heterocycles. The molecule has 0 bridgehead atoms. The van der Waals surface area contributed by atoms with Crippen molar-refractivity contribution in [2.24, 2.45) is 11.8 Å². The summed E-state index contributed by atoms with van der Waals surface area (Å²) >= 11 is 0. The third kappa shape index (κ3) is 2.12. The van der Waals surface area contributed by atoms with Crippen molar-refractivity contribution in [1.82, 2.24) is 5.32 Å². The number of rotatable bonds is 1. The molecule has 94 valence electrons. The van der Waals surface area contributed by atoms with Gasteiger partial charge in [0.15, 0.2) is 0 Å². The van der Waals surface area contributed by atoms with Crippen LogP contribution in [0.2, 0.25) is 0 Å². The third-order valence-corrected chi connectivity index (χ3v) is 3.06. The monoisotopic (exact) mass is 255 g/mol. The van der Waals surface area contributed by atoms with Crippen LogP contribution in [0.1, 0.15) is 11.5 Å². The van der Waals surface area contributed by atoms with Crippen LogP contribution in [0.3, 0.4) is 0 Å². The molecule has 1 aromatic carbocycles. The van der Waals surface area contributed by atoms with Crippen molar-refractivity contribution in [3.63, 3.8) is 0 Å². The van der Waals surface area contributed by atoms with Gasteiger partial charge in [0.25, 0.3) is 0 Å². The summed E-state index contributed by atoms with van der Waals surface area (Å²) in [6.45, 7) is 0.